The molecule has 0 saturated carbocycles. The van der Waals surface area contributed by atoms with E-state index in [1.807, 2.05) is 6.08 Å². The van der Waals surface area contributed by atoms with Gasteiger partial charge in [-0.2, -0.15) is 4.09 Å². The third-order valence-electron chi connectivity index (χ3n) is 5.54. The Kier molecular flexibility index (Phi) is 5.54. The van der Waals surface area contributed by atoms with E-state index in [2.05, 4.69) is 20.4 Å². The zero-order valence-electron chi connectivity index (χ0n) is 14.7. The minimum Gasteiger partial charge on any atom is -0.377 e. The van der Waals surface area contributed by atoms with Crippen LogP contribution >= 0.6 is 23.9 Å². The largest absolute Gasteiger partial charge is 0.377 e. The topological polar surface area (TPSA) is 84.8 Å². The highest BCUT2D eigenvalue weighted by molar-refractivity contribution is 7.92. The van der Waals surface area contributed by atoms with E-state index < -0.39 is 5.56 Å². The Bertz CT molecular complexity index is 863. The summed E-state index contributed by atoms with van der Waals surface area (Å²) in [5.74, 6) is 0.396. The van der Waals surface area contributed by atoms with Gasteiger partial charge in [-0.25, -0.2) is 9.97 Å². The fraction of sp³-hybridized carbons (Fsp3) is 0.588. The van der Waals surface area contributed by atoms with E-state index in [1.54, 1.807) is 0 Å². The Hall–Kier alpha value is -1.42. The van der Waals surface area contributed by atoms with Gasteiger partial charge in [0.1, 0.15) is 12.2 Å². The highest BCUT2D eigenvalue weighted by Crippen LogP contribution is 2.49. The second kappa shape index (κ2) is 7.90. The molecule has 3 aliphatic rings. The van der Waals surface area contributed by atoms with Crippen molar-refractivity contribution in [3.8, 4) is 0 Å². The van der Waals surface area contributed by atoms with E-state index in [0.717, 1.165) is 35.6 Å². The number of halogens is 2. The van der Waals surface area contributed by atoms with Gasteiger partial charge in [0.05, 0.1) is 24.3 Å². The highest BCUT2D eigenvalue weighted by Gasteiger charge is 2.46. The van der Waals surface area contributed by atoms with Gasteiger partial charge in [0.2, 0.25) is 0 Å². The molecule has 0 radical (unpaired) electrons. The number of rotatable bonds is 2. The molecule has 1 unspecified atom stereocenters. The summed E-state index contributed by atoms with van der Waals surface area (Å²) < 4.78 is 20.0. The summed E-state index contributed by atoms with van der Waals surface area (Å²) in [6.45, 7) is 2.60. The van der Waals surface area contributed by atoms with Crippen molar-refractivity contribution >= 4 is 29.5 Å². The smallest absolute Gasteiger partial charge is 0.283 e. The first-order chi connectivity index (χ1) is 13.1. The molecule has 1 aliphatic carbocycles. The maximum Gasteiger partial charge on any atom is 0.283 e. The third-order valence-corrected chi connectivity index (χ3v) is 6.30. The van der Waals surface area contributed by atoms with Crippen LogP contribution in [0.4, 0.5) is 3.89 Å². The van der Waals surface area contributed by atoms with Gasteiger partial charge < -0.3 is 10.1 Å². The minimum atomic E-state index is -0.443. The molecule has 0 amide bonds. The lowest BCUT2D eigenvalue weighted by molar-refractivity contribution is 0.161. The van der Waals surface area contributed by atoms with E-state index in [-0.39, 0.29) is 23.1 Å². The lowest BCUT2D eigenvalue weighted by atomic mass is 9.75. The molecule has 0 aromatic carbocycles. The van der Waals surface area contributed by atoms with Crippen molar-refractivity contribution in [1.29, 1.82) is 0 Å². The number of piperidine rings is 1. The average molecular weight is 414 g/mol. The van der Waals surface area contributed by atoms with E-state index in [1.165, 1.54) is 6.33 Å². The Balaban J connectivity index is 1.95. The summed E-state index contributed by atoms with van der Waals surface area (Å²) in [7, 11) is 0. The monoisotopic (exact) mass is 413 g/mol. The summed E-state index contributed by atoms with van der Waals surface area (Å²) >= 11 is 6.40. The molecule has 1 saturated heterocycles. The number of hydrogen-bond donors (Lipinski definition) is 2. The maximum atomic E-state index is 13.8. The zero-order valence-corrected chi connectivity index (χ0v) is 16.3. The van der Waals surface area contributed by atoms with Crippen molar-refractivity contribution in [2.75, 3.05) is 26.3 Å². The lowest BCUT2D eigenvalue weighted by Crippen LogP contribution is -2.41. The number of aromatic amines is 1. The first kappa shape index (κ1) is 18.9. The van der Waals surface area contributed by atoms with Crippen molar-refractivity contribution in [2.45, 2.75) is 36.5 Å². The van der Waals surface area contributed by atoms with Crippen LogP contribution in [0.25, 0.3) is 5.57 Å². The van der Waals surface area contributed by atoms with E-state index in [4.69, 9.17) is 16.3 Å². The van der Waals surface area contributed by atoms with Crippen molar-refractivity contribution < 1.29 is 8.62 Å². The number of alkyl halides is 1. The quantitative estimate of drug-likeness (QED) is 0.725. The van der Waals surface area contributed by atoms with Crippen LogP contribution in [-0.4, -0.2) is 45.5 Å². The van der Waals surface area contributed by atoms with Gasteiger partial charge in [-0.3, -0.25) is 9.89 Å². The Labute approximate surface area is 165 Å². The van der Waals surface area contributed by atoms with Crippen molar-refractivity contribution in [1.82, 2.24) is 24.5 Å². The standard InChI is InChI=1S/C17H21ClFN5O2S/c18-12-9-17(3-5-20-6-4-17)13-14(12)21-10-22-15(11-1-7-26-8-2-11)23-24(27-19)16(13)25/h1,10,12,20H,2-9H2,(H,21,22,23). The molecule has 1 fully saturated rings. The van der Waals surface area contributed by atoms with Crippen molar-refractivity contribution in [3.05, 3.63) is 39.8 Å². The Morgan fingerprint density at radius 3 is 2.89 bits per heavy atom. The molecular weight excluding hydrogens is 393 g/mol. The molecule has 4 rings (SSSR count). The van der Waals surface area contributed by atoms with E-state index >= 15 is 0 Å². The average Bonchev–Trinajstić information content (AvgIpc) is 2.99. The van der Waals surface area contributed by atoms with Crippen molar-refractivity contribution in [3.63, 3.8) is 0 Å². The second-order valence-electron chi connectivity index (χ2n) is 7.02. The number of aromatic nitrogens is 4. The van der Waals surface area contributed by atoms with Crippen LogP contribution in [0.2, 0.25) is 0 Å². The summed E-state index contributed by atoms with van der Waals surface area (Å²) in [5.41, 5.74) is 1.06. The van der Waals surface area contributed by atoms with Crippen LogP contribution in [-0.2, 0) is 10.2 Å². The third kappa shape index (κ3) is 3.53. The number of fused-ring (bicyclic) bond motifs is 2. The minimum absolute atomic E-state index is 0.164. The molecule has 7 nitrogen and oxygen atoms in total. The fourth-order valence-corrected chi connectivity index (χ4v) is 4.92. The number of nitrogens with zero attached hydrogens (tertiary/aromatic N) is 3. The molecule has 2 N–H and O–H groups in total. The molecule has 10 heteroatoms. The summed E-state index contributed by atoms with van der Waals surface area (Å²) in [4.78, 5) is 22.1. The summed E-state index contributed by atoms with van der Waals surface area (Å²) in [6.07, 6.45) is 6.08. The fourth-order valence-electron chi connectivity index (χ4n) is 4.18. The summed E-state index contributed by atoms with van der Waals surface area (Å²) in [6, 6.07) is 0. The number of H-pyrrole nitrogens is 1. The maximum absolute atomic E-state index is 13.8. The first-order valence-corrected chi connectivity index (χ1v) is 10.1. The highest BCUT2D eigenvalue weighted by atomic mass is 35.5. The van der Waals surface area contributed by atoms with Crippen molar-refractivity contribution in [2.24, 2.45) is 0 Å². The van der Waals surface area contributed by atoms with Crippen LogP contribution in [0.1, 0.15) is 48.1 Å². The normalized spacial score (nSPS) is 23.6. The zero-order chi connectivity index (χ0) is 18.9. The Morgan fingerprint density at radius 2 is 2.19 bits per heavy atom. The number of hydrogen-bond acceptors (Lipinski definition) is 6. The first-order valence-electron chi connectivity index (χ1n) is 9.01. The van der Waals surface area contributed by atoms with Crippen LogP contribution in [0, 0.1) is 0 Å². The van der Waals surface area contributed by atoms with Gasteiger partial charge >= 0.3 is 0 Å². The molecule has 146 valence electrons. The van der Waals surface area contributed by atoms with Crippen LogP contribution in [0.3, 0.4) is 0 Å². The molecule has 2 aliphatic heterocycles. The molecule has 27 heavy (non-hydrogen) atoms. The predicted molar refractivity (Wildman–Crippen MR) is 103 cm³/mol. The van der Waals surface area contributed by atoms with Crippen LogP contribution < -0.4 is 10.9 Å². The molecule has 1 atom stereocenters. The molecule has 3 heterocycles. The molecule has 1 aromatic rings. The lowest BCUT2D eigenvalue weighted by Gasteiger charge is -2.33. The van der Waals surface area contributed by atoms with Gasteiger partial charge in [-0.15, -0.1) is 15.5 Å². The van der Waals surface area contributed by atoms with E-state index in [0.29, 0.717) is 43.1 Å². The van der Waals surface area contributed by atoms with Gasteiger partial charge in [-0.1, -0.05) is 6.08 Å². The molecule has 1 spiro atoms. The van der Waals surface area contributed by atoms with Crippen LogP contribution in [0.15, 0.2) is 17.2 Å². The van der Waals surface area contributed by atoms with Gasteiger partial charge in [-0.05, 0) is 44.3 Å². The number of ether oxygens (including phenoxy) is 1. The van der Waals surface area contributed by atoms with Gasteiger partial charge in [0, 0.05) is 11.0 Å². The SMILES string of the molecule is O=c1c2c(ncnc(C3=CCOCC3)[nH]n1SF)C(Cl)CC21CCNCC1. The molecule has 1 aromatic heterocycles. The van der Waals surface area contributed by atoms with Crippen LogP contribution in [0.5, 0.6) is 0 Å². The molecular formula is C17H21ClFN5O2S. The predicted octanol–water partition coefficient (Wildman–Crippen LogP) is 2.58. The van der Waals surface area contributed by atoms with E-state index in [9.17, 15) is 8.68 Å². The number of nitrogens with one attached hydrogen (secondary N) is 2. The second-order valence-corrected chi connectivity index (χ2v) is 8.05. The molecule has 0 bridgehead atoms. The summed E-state index contributed by atoms with van der Waals surface area (Å²) in [5, 5.41) is 5.75. The van der Waals surface area contributed by atoms with Gasteiger partial charge in [0.25, 0.3) is 5.56 Å². The van der Waals surface area contributed by atoms with Gasteiger partial charge in [0.15, 0.2) is 12.3 Å². The Morgan fingerprint density at radius 1 is 1.37 bits per heavy atom.